The smallest absolute Gasteiger partial charge is 0.243 e. The van der Waals surface area contributed by atoms with Gasteiger partial charge in [-0.15, -0.1) is 0 Å². The van der Waals surface area contributed by atoms with Crippen LogP contribution in [-0.4, -0.2) is 62.2 Å². The van der Waals surface area contributed by atoms with E-state index in [9.17, 15) is 18.0 Å². The normalized spacial score (nSPS) is 14.9. The first kappa shape index (κ1) is 26.7. The average Bonchev–Trinajstić information content (AvgIpc) is 3.42. The maximum absolute atomic E-state index is 13.2. The molecule has 0 spiro atoms. The Morgan fingerprint density at radius 3 is 2.20 bits per heavy atom. The molecule has 0 aromatic heterocycles. The summed E-state index contributed by atoms with van der Waals surface area (Å²) in [7, 11) is -1.87. The van der Waals surface area contributed by atoms with Crippen LogP contribution in [0, 0.1) is 0 Å². The number of amides is 2. The molecule has 0 saturated carbocycles. The number of carbonyl (C=O) groups is 2. The van der Waals surface area contributed by atoms with E-state index in [1.165, 1.54) is 4.31 Å². The Labute approximate surface area is 208 Å². The van der Waals surface area contributed by atoms with E-state index < -0.39 is 16.1 Å². The molecular formula is C26H35N3O5S. The summed E-state index contributed by atoms with van der Waals surface area (Å²) in [5, 5.41) is 2.79. The third-order valence-corrected chi connectivity index (χ3v) is 8.20. The SMILES string of the molecule is CCNC(=O)[C@H](C)N(Cc1ccc(OC)cc1)C(=O)CCc1ccc(S(=O)(=O)N2CCCC2)cc1. The van der Waals surface area contributed by atoms with Crippen LogP contribution in [0.1, 0.15) is 44.2 Å². The molecule has 190 valence electrons. The van der Waals surface area contributed by atoms with Crippen molar-refractivity contribution >= 4 is 21.8 Å². The lowest BCUT2D eigenvalue weighted by Gasteiger charge is -2.29. The number of carbonyl (C=O) groups excluding carboxylic acids is 2. The molecule has 1 heterocycles. The van der Waals surface area contributed by atoms with Crippen molar-refractivity contribution in [2.75, 3.05) is 26.7 Å². The molecular weight excluding hydrogens is 466 g/mol. The molecule has 1 N–H and O–H groups in total. The molecule has 1 fully saturated rings. The number of nitrogens with one attached hydrogen (secondary N) is 1. The van der Waals surface area contributed by atoms with Gasteiger partial charge in [-0.05, 0) is 68.5 Å². The topological polar surface area (TPSA) is 96.0 Å². The van der Waals surface area contributed by atoms with Gasteiger partial charge in [0.15, 0.2) is 0 Å². The van der Waals surface area contributed by atoms with Crippen molar-refractivity contribution in [2.45, 2.75) is 57.0 Å². The molecule has 1 aliphatic heterocycles. The Kier molecular flexibility index (Phi) is 9.28. The van der Waals surface area contributed by atoms with Crippen molar-refractivity contribution in [3.8, 4) is 5.75 Å². The maximum atomic E-state index is 13.2. The number of rotatable bonds is 11. The number of methoxy groups -OCH3 is 1. The second-order valence-electron chi connectivity index (χ2n) is 8.70. The van der Waals surface area contributed by atoms with Crippen molar-refractivity contribution in [3.05, 3.63) is 59.7 Å². The summed E-state index contributed by atoms with van der Waals surface area (Å²) >= 11 is 0. The number of ether oxygens (including phenoxy) is 1. The fourth-order valence-corrected chi connectivity index (χ4v) is 5.65. The molecule has 0 aliphatic carbocycles. The Morgan fingerprint density at radius 1 is 1.03 bits per heavy atom. The maximum Gasteiger partial charge on any atom is 0.243 e. The fraction of sp³-hybridized carbons (Fsp3) is 0.462. The van der Waals surface area contributed by atoms with Gasteiger partial charge in [0, 0.05) is 32.6 Å². The van der Waals surface area contributed by atoms with E-state index in [1.54, 1.807) is 43.2 Å². The molecule has 1 aliphatic rings. The molecule has 1 saturated heterocycles. The van der Waals surface area contributed by atoms with Crippen molar-refractivity contribution < 1.29 is 22.7 Å². The predicted octanol–water partition coefficient (Wildman–Crippen LogP) is 2.97. The summed E-state index contributed by atoms with van der Waals surface area (Å²) in [6.07, 6.45) is 2.44. The van der Waals surface area contributed by atoms with E-state index in [0.29, 0.717) is 32.6 Å². The Bertz CT molecular complexity index is 1090. The van der Waals surface area contributed by atoms with E-state index in [2.05, 4.69) is 5.32 Å². The van der Waals surface area contributed by atoms with Crippen LogP contribution < -0.4 is 10.1 Å². The molecule has 0 radical (unpaired) electrons. The van der Waals surface area contributed by atoms with Gasteiger partial charge in [-0.3, -0.25) is 9.59 Å². The molecule has 0 unspecified atom stereocenters. The van der Waals surface area contributed by atoms with E-state index in [1.807, 2.05) is 31.2 Å². The number of sulfonamides is 1. The molecule has 35 heavy (non-hydrogen) atoms. The van der Waals surface area contributed by atoms with Crippen LogP contribution in [0.15, 0.2) is 53.4 Å². The minimum absolute atomic E-state index is 0.145. The van der Waals surface area contributed by atoms with Gasteiger partial charge in [0.25, 0.3) is 0 Å². The second-order valence-corrected chi connectivity index (χ2v) is 10.6. The van der Waals surface area contributed by atoms with Gasteiger partial charge in [0.05, 0.1) is 12.0 Å². The van der Waals surface area contributed by atoms with Gasteiger partial charge in [0.1, 0.15) is 11.8 Å². The van der Waals surface area contributed by atoms with Gasteiger partial charge >= 0.3 is 0 Å². The number of hydrogen-bond acceptors (Lipinski definition) is 5. The summed E-state index contributed by atoms with van der Waals surface area (Å²) in [6.45, 7) is 5.48. The summed E-state index contributed by atoms with van der Waals surface area (Å²) in [5.41, 5.74) is 1.76. The average molecular weight is 502 g/mol. The minimum Gasteiger partial charge on any atom is -0.497 e. The van der Waals surface area contributed by atoms with Crippen LogP contribution in [0.5, 0.6) is 5.75 Å². The number of aryl methyl sites for hydroxylation is 1. The summed E-state index contributed by atoms with van der Waals surface area (Å²) in [5.74, 6) is 0.373. The Morgan fingerprint density at radius 2 is 1.63 bits per heavy atom. The highest BCUT2D eigenvalue weighted by Gasteiger charge is 2.28. The fourth-order valence-electron chi connectivity index (χ4n) is 4.13. The largest absolute Gasteiger partial charge is 0.497 e. The van der Waals surface area contributed by atoms with Crippen LogP contribution >= 0.6 is 0 Å². The van der Waals surface area contributed by atoms with Crippen LogP contribution in [0.4, 0.5) is 0 Å². The van der Waals surface area contributed by atoms with Gasteiger partial charge in [-0.25, -0.2) is 8.42 Å². The lowest BCUT2D eigenvalue weighted by molar-refractivity contribution is -0.140. The van der Waals surface area contributed by atoms with Gasteiger partial charge in [-0.1, -0.05) is 24.3 Å². The van der Waals surface area contributed by atoms with E-state index in [-0.39, 0.29) is 23.1 Å². The zero-order valence-corrected chi connectivity index (χ0v) is 21.5. The highest BCUT2D eigenvalue weighted by molar-refractivity contribution is 7.89. The number of benzene rings is 2. The Hall–Kier alpha value is -2.91. The lowest BCUT2D eigenvalue weighted by atomic mass is 10.1. The molecule has 3 rings (SSSR count). The molecule has 0 bridgehead atoms. The van der Waals surface area contributed by atoms with Crippen LogP contribution in [-0.2, 0) is 32.6 Å². The van der Waals surface area contributed by atoms with Gasteiger partial charge < -0.3 is 15.0 Å². The van der Waals surface area contributed by atoms with Gasteiger partial charge in [-0.2, -0.15) is 4.31 Å². The lowest BCUT2D eigenvalue weighted by Crippen LogP contribution is -2.47. The van der Waals surface area contributed by atoms with Crippen molar-refractivity contribution in [3.63, 3.8) is 0 Å². The third kappa shape index (κ3) is 6.82. The highest BCUT2D eigenvalue weighted by Crippen LogP contribution is 2.22. The predicted molar refractivity (Wildman–Crippen MR) is 134 cm³/mol. The van der Waals surface area contributed by atoms with Crippen molar-refractivity contribution in [2.24, 2.45) is 0 Å². The second kappa shape index (κ2) is 12.2. The van der Waals surface area contributed by atoms with E-state index in [4.69, 9.17) is 4.74 Å². The first-order chi connectivity index (χ1) is 16.8. The van der Waals surface area contributed by atoms with Crippen molar-refractivity contribution in [1.29, 1.82) is 0 Å². The standard InChI is InChI=1S/C26H35N3O5S/c1-4-27-26(31)20(2)29(19-22-7-12-23(34-3)13-8-22)25(30)16-11-21-9-14-24(15-10-21)35(32,33)28-17-5-6-18-28/h7-10,12-15,20H,4-6,11,16-19H2,1-3H3,(H,27,31)/t20-/m0/s1. The molecule has 2 aromatic rings. The quantitative estimate of drug-likeness (QED) is 0.511. The summed E-state index contributed by atoms with van der Waals surface area (Å²) in [6, 6.07) is 13.5. The summed E-state index contributed by atoms with van der Waals surface area (Å²) in [4.78, 5) is 27.6. The monoisotopic (exact) mass is 501 g/mol. The first-order valence-corrected chi connectivity index (χ1v) is 13.5. The van der Waals surface area contributed by atoms with E-state index in [0.717, 1.165) is 29.7 Å². The molecule has 2 aromatic carbocycles. The third-order valence-electron chi connectivity index (χ3n) is 6.28. The van der Waals surface area contributed by atoms with Crippen LogP contribution in [0.3, 0.4) is 0 Å². The van der Waals surface area contributed by atoms with Crippen LogP contribution in [0.2, 0.25) is 0 Å². The Balaban J connectivity index is 1.68. The first-order valence-electron chi connectivity index (χ1n) is 12.1. The summed E-state index contributed by atoms with van der Waals surface area (Å²) < 4.78 is 32.2. The minimum atomic E-state index is -3.46. The zero-order valence-electron chi connectivity index (χ0n) is 20.7. The van der Waals surface area contributed by atoms with E-state index >= 15 is 0 Å². The molecule has 8 nitrogen and oxygen atoms in total. The molecule has 1 atom stereocenters. The van der Waals surface area contributed by atoms with Gasteiger partial charge in [0.2, 0.25) is 21.8 Å². The highest BCUT2D eigenvalue weighted by atomic mass is 32.2. The van der Waals surface area contributed by atoms with Crippen LogP contribution in [0.25, 0.3) is 0 Å². The number of hydrogen-bond donors (Lipinski definition) is 1. The number of nitrogens with zero attached hydrogens (tertiary/aromatic N) is 2. The molecule has 2 amide bonds. The number of likely N-dealkylation sites (N-methyl/N-ethyl adjacent to an activating group) is 1. The van der Waals surface area contributed by atoms with Crippen molar-refractivity contribution in [1.82, 2.24) is 14.5 Å². The molecule has 9 heteroatoms. The zero-order chi connectivity index (χ0) is 25.4.